The van der Waals surface area contributed by atoms with Gasteiger partial charge in [-0.15, -0.1) is 0 Å². The molecule has 0 saturated carbocycles. The van der Waals surface area contributed by atoms with Crippen LogP contribution in [-0.2, 0) is 0 Å². The molecule has 0 aliphatic heterocycles. The summed E-state index contributed by atoms with van der Waals surface area (Å²) in [6.45, 7) is 0. The van der Waals surface area contributed by atoms with Crippen molar-refractivity contribution in [1.82, 2.24) is 0 Å². The van der Waals surface area contributed by atoms with Crippen LogP contribution in [0, 0.1) is 0 Å². The third-order valence-electron chi connectivity index (χ3n) is 4.07. The van der Waals surface area contributed by atoms with E-state index in [2.05, 4.69) is 0 Å². The first-order chi connectivity index (χ1) is 12.8. The normalized spacial score (nSPS) is 10.8. The number of methoxy groups -OCH3 is 1. The van der Waals surface area contributed by atoms with Crippen LogP contribution in [0.2, 0.25) is 0 Å². The van der Waals surface area contributed by atoms with E-state index in [1.807, 2.05) is 78.9 Å². The van der Waals surface area contributed by atoms with Gasteiger partial charge in [-0.3, -0.25) is 0 Å². The molecule has 0 N–H and O–H groups in total. The van der Waals surface area contributed by atoms with Crippen LogP contribution in [0.15, 0.2) is 88.1 Å². The van der Waals surface area contributed by atoms with Crippen LogP contribution < -0.4 is 19.1 Å². The number of fused-ring (bicyclic) bond motifs is 1. The molecule has 128 valence electrons. The Balaban J connectivity index is 1.94. The predicted octanol–water partition coefficient (Wildman–Crippen LogP) is 3.12. The number of para-hydroxylation sites is 1. The Morgan fingerprint density at radius 1 is 0.846 bits per heavy atom. The minimum atomic E-state index is -0.152. The fourth-order valence-corrected chi connectivity index (χ4v) is 4.82. The quantitative estimate of drug-likeness (QED) is 0.488. The summed E-state index contributed by atoms with van der Waals surface area (Å²) in [5, 5.41) is 0.623. The van der Waals surface area contributed by atoms with Crippen molar-refractivity contribution in [2.24, 2.45) is 0 Å². The Kier molecular flexibility index (Phi) is 4.61. The van der Waals surface area contributed by atoms with Crippen molar-refractivity contribution in [2.45, 2.75) is 0 Å². The maximum atomic E-state index is 13.2. The van der Waals surface area contributed by atoms with Crippen LogP contribution in [-0.4, -0.2) is 22.1 Å². The first kappa shape index (κ1) is 16.6. The van der Waals surface area contributed by atoms with Gasteiger partial charge in [-0.25, -0.2) is 0 Å². The summed E-state index contributed by atoms with van der Waals surface area (Å²) in [4.78, 5) is 13.2. The van der Waals surface area contributed by atoms with Gasteiger partial charge in [0.2, 0.25) is 0 Å². The van der Waals surface area contributed by atoms with E-state index in [4.69, 9.17) is 9.15 Å². The number of hydrogen-bond donors (Lipinski definition) is 0. The molecule has 0 unspecified atom stereocenters. The molecule has 4 rings (SSSR count). The zero-order valence-electron chi connectivity index (χ0n) is 14.1. The Hall–Kier alpha value is -2.81. The molecule has 0 saturated heterocycles. The third kappa shape index (κ3) is 3.17. The van der Waals surface area contributed by atoms with E-state index >= 15 is 0 Å². The van der Waals surface area contributed by atoms with Gasteiger partial charge in [-0.1, -0.05) is 0 Å². The molecule has 3 aromatic carbocycles. The van der Waals surface area contributed by atoms with Crippen molar-refractivity contribution < 1.29 is 9.15 Å². The molecular formula is C22H16O3Se. The Morgan fingerprint density at radius 3 is 2.27 bits per heavy atom. The van der Waals surface area contributed by atoms with Crippen molar-refractivity contribution in [2.75, 3.05) is 7.11 Å². The van der Waals surface area contributed by atoms with E-state index in [1.165, 1.54) is 0 Å². The summed E-state index contributed by atoms with van der Waals surface area (Å²) in [5.41, 5.74) is 1.53. The fourth-order valence-electron chi connectivity index (χ4n) is 2.76. The van der Waals surface area contributed by atoms with Crippen LogP contribution in [0.3, 0.4) is 0 Å². The van der Waals surface area contributed by atoms with Crippen LogP contribution in [0.4, 0.5) is 0 Å². The molecule has 4 aromatic rings. The van der Waals surface area contributed by atoms with Crippen molar-refractivity contribution in [1.29, 1.82) is 0 Å². The summed E-state index contributed by atoms with van der Waals surface area (Å²) in [5.74, 6) is 1.41. The Morgan fingerprint density at radius 2 is 1.54 bits per heavy atom. The molecule has 4 heteroatoms. The van der Waals surface area contributed by atoms with Crippen LogP contribution in [0.5, 0.6) is 5.75 Å². The molecule has 0 atom stereocenters. The first-order valence-electron chi connectivity index (χ1n) is 8.19. The molecule has 3 nitrogen and oxygen atoms in total. The molecule has 0 bridgehead atoms. The van der Waals surface area contributed by atoms with E-state index in [9.17, 15) is 4.79 Å². The minimum absolute atomic E-state index is 0.0431. The van der Waals surface area contributed by atoms with Gasteiger partial charge < -0.3 is 0 Å². The van der Waals surface area contributed by atoms with Crippen LogP contribution in [0.25, 0.3) is 22.3 Å². The maximum absolute atomic E-state index is 13.2. The van der Waals surface area contributed by atoms with Gasteiger partial charge in [0.05, 0.1) is 0 Å². The van der Waals surface area contributed by atoms with Crippen LogP contribution >= 0.6 is 0 Å². The summed E-state index contributed by atoms with van der Waals surface area (Å²) >= 11 is -0.152. The molecule has 0 radical (unpaired) electrons. The molecule has 0 amide bonds. The molecule has 0 spiro atoms. The number of hydrogen-bond acceptors (Lipinski definition) is 3. The second-order valence-electron chi connectivity index (χ2n) is 5.73. The zero-order chi connectivity index (χ0) is 17.9. The predicted molar refractivity (Wildman–Crippen MR) is 106 cm³/mol. The summed E-state index contributed by atoms with van der Waals surface area (Å²) in [6, 6.07) is 25.1. The van der Waals surface area contributed by atoms with E-state index < -0.39 is 0 Å². The zero-order valence-corrected chi connectivity index (χ0v) is 15.9. The van der Waals surface area contributed by atoms with E-state index in [1.54, 1.807) is 7.11 Å². The summed E-state index contributed by atoms with van der Waals surface area (Å²) < 4.78 is 13.3. The number of benzene rings is 3. The monoisotopic (exact) mass is 408 g/mol. The topological polar surface area (TPSA) is 39.4 Å². The fraction of sp³-hybridized carbons (Fsp3) is 0.0455. The van der Waals surface area contributed by atoms with Crippen molar-refractivity contribution >= 4 is 34.8 Å². The SMILES string of the molecule is COc1ccc(-c2oc3ccccc3c(=O)c2[Se]c2ccccc2)cc1. The standard InChI is InChI=1S/C22H16O3Se/c1-24-16-13-11-15(12-14-16)21-22(26-17-7-3-2-4-8-17)20(23)18-9-5-6-10-19(18)25-21/h2-14H,1H3. The summed E-state index contributed by atoms with van der Waals surface area (Å²) in [7, 11) is 1.63. The molecule has 0 fully saturated rings. The molecular weight excluding hydrogens is 391 g/mol. The van der Waals surface area contributed by atoms with Crippen LogP contribution in [0.1, 0.15) is 0 Å². The summed E-state index contributed by atoms with van der Waals surface area (Å²) in [6.07, 6.45) is 0. The molecule has 0 aliphatic rings. The van der Waals surface area contributed by atoms with E-state index in [-0.39, 0.29) is 20.4 Å². The Bertz CT molecular complexity index is 1100. The van der Waals surface area contributed by atoms with Gasteiger partial charge in [0.1, 0.15) is 0 Å². The first-order valence-corrected chi connectivity index (χ1v) is 9.91. The molecule has 0 aliphatic carbocycles. The van der Waals surface area contributed by atoms with Crippen molar-refractivity contribution in [3.05, 3.63) is 89.1 Å². The van der Waals surface area contributed by atoms with Gasteiger partial charge in [0.15, 0.2) is 0 Å². The molecule has 26 heavy (non-hydrogen) atoms. The van der Waals surface area contributed by atoms with Gasteiger partial charge in [-0.2, -0.15) is 0 Å². The number of ether oxygens (including phenoxy) is 1. The van der Waals surface area contributed by atoms with Gasteiger partial charge in [0, 0.05) is 0 Å². The molecule has 1 aromatic heterocycles. The van der Waals surface area contributed by atoms with Crippen molar-refractivity contribution in [3.63, 3.8) is 0 Å². The van der Waals surface area contributed by atoms with Gasteiger partial charge in [0.25, 0.3) is 0 Å². The van der Waals surface area contributed by atoms with Gasteiger partial charge >= 0.3 is 157 Å². The second-order valence-corrected chi connectivity index (χ2v) is 8.00. The molecule has 1 heterocycles. The average Bonchev–Trinajstić information content (AvgIpc) is 2.71. The Labute approximate surface area is 157 Å². The van der Waals surface area contributed by atoms with E-state index in [0.717, 1.165) is 20.2 Å². The average molecular weight is 407 g/mol. The van der Waals surface area contributed by atoms with Crippen molar-refractivity contribution in [3.8, 4) is 17.1 Å². The van der Waals surface area contributed by atoms with Gasteiger partial charge in [-0.05, 0) is 0 Å². The van der Waals surface area contributed by atoms with E-state index in [0.29, 0.717) is 16.7 Å². The second kappa shape index (κ2) is 7.20. The number of rotatable bonds is 4. The third-order valence-corrected chi connectivity index (χ3v) is 6.34.